The summed E-state index contributed by atoms with van der Waals surface area (Å²) in [5.74, 6) is 1.35. The van der Waals surface area contributed by atoms with Crippen LogP contribution in [0.15, 0.2) is 36.4 Å². The maximum Gasteiger partial charge on any atom is 0.254 e. The Morgan fingerprint density at radius 3 is 2.79 bits per heavy atom. The normalized spacial score (nSPS) is 16.1. The highest BCUT2D eigenvalue weighted by Gasteiger charge is 2.27. The summed E-state index contributed by atoms with van der Waals surface area (Å²) < 4.78 is 24.5. The summed E-state index contributed by atoms with van der Waals surface area (Å²) in [6.07, 6.45) is 2.52. The number of nitrogens with zero attached hydrogens (tertiary/aromatic N) is 1. The van der Waals surface area contributed by atoms with Gasteiger partial charge in [-0.3, -0.25) is 4.79 Å². The lowest BCUT2D eigenvalue weighted by atomic mass is 9.97. The van der Waals surface area contributed by atoms with Crippen molar-refractivity contribution in [2.45, 2.75) is 26.2 Å². The molecule has 0 saturated carbocycles. The molecule has 2 N–H and O–H groups in total. The van der Waals surface area contributed by atoms with Crippen LogP contribution in [-0.2, 0) is 6.42 Å². The molecule has 5 nitrogen and oxygen atoms in total. The average Bonchev–Trinajstić information content (AvgIpc) is 3.19. The van der Waals surface area contributed by atoms with Crippen molar-refractivity contribution in [2.75, 3.05) is 33.4 Å². The molecule has 1 heterocycles. The molecular weight excluding hydrogens is 371 g/mol. The smallest absolute Gasteiger partial charge is 0.254 e. The number of likely N-dealkylation sites (tertiary alicyclic amines) is 1. The molecule has 0 aromatic heterocycles. The monoisotopic (exact) mass is 400 g/mol. The molecule has 1 fully saturated rings. The third-order valence-electron chi connectivity index (χ3n) is 5.34. The van der Waals surface area contributed by atoms with Gasteiger partial charge in [0.1, 0.15) is 5.82 Å². The Morgan fingerprint density at radius 1 is 1.24 bits per heavy atom. The van der Waals surface area contributed by atoms with Gasteiger partial charge in [-0.05, 0) is 74.0 Å². The molecule has 1 unspecified atom stereocenters. The molecule has 0 bridgehead atoms. The summed E-state index contributed by atoms with van der Waals surface area (Å²) in [5.41, 5.74) is 7.88. The number of hydrogen-bond donors (Lipinski definition) is 1. The second-order valence-corrected chi connectivity index (χ2v) is 7.55. The first-order chi connectivity index (χ1) is 14.0. The van der Waals surface area contributed by atoms with Gasteiger partial charge in [-0.25, -0.2) is 4.39 Å². The van der Waals surface area contributed by atoms with Gasteiger partial charge in [0, 0.05) is 18.7 Å². The second-order valence-electron chi connectivity index (χ2n) is 7.55. The van der Waals surface area contributed by atoms with Crippen LogP contribution in [0.2, 0.25) is 0 Å². The fourth-order valence-electron chi connectivity index (χ4n) is 3.72. The van der Waals surface area contributed by atoms with Crippen LogP contribution < -0.4 is 15.2 Å². The van der Waals surface area contributed by atoms with Crippen LogP contribution in [0, 0.1) is 18.7 Å². The molecule has 3 rings (SSSR count). The SMILES string of the molecule is COc1ccc(C(=O)N2CCC(Cc3ccc(F)c(C)c3)C2)cc1OCCCN. The number of methoxy groups -OCH3 is 1. The minimum atomic E-state index is -0.180. The van der Waals surface area contributed by atoms with E-state index in [1.807, 2.05) is 17.0 Å². The predicted molar refractivity (Wildman–Crippen MR) is 111 cm³/mol. The van der Waals surface area contributed by atoms with E-state index < -0.39 is 0 Å². The number of amides is 1. The molecule has 1 aliphatic heterocycles. The van der Waals surface area contributed by atoms with E-state index in [1.54, 1.807) is 32.2 Å². The number of nitrogens with two attached hydrogens (primary N) is 1. The molecule has 29 heavy (non-hydrogen) atoms. The molecular formula is C23H29FN2O3. The number of benzene rings is 2. The van der Waals surface area contributed by atoms with Crippen molar-refractivity contribution in [1.82, 2.24) is 4.90 Å². The minimum Gasteiger partial charge on any atom is -0.493 e. The van der Waals surface area contributed by atoms with Crippen LogP contribution in [0.1, 0.15) is 34.3 Å². The van der Waals surface area contributed by atoms with Gasteiger partial charge in [-0.15, -0.1) is 0 Å². The van der Waals surface area contributed by atoms with Crippen molar-refractivity contribution in [2.24, 2.45) is 11.7 Å². The van der Waals surface area contributed by atoms with Gasteiger partial charge in [0.15, 0.2) is 11.5 Å². The first-order valence-electron chi connectivity index (χ1n) is 10.1. The number of carbonyl (C=O) groups is 1. The van der Waals surface area contributed by atoms with E-state index in [0.717, 1.165) is 31.4 Å². The highest BCUT2D eigenvalue weighted by atomic mass is 19.1. The van der Waals surface area contributed by atoms with Crippen LogP contribution in [0.4, 0.5) is 4.39 Å². The van der Waals surface area contributed by atoms with Gasteiger partial charge in [-0.1, -0.05) is 12.1 Å². The summed E-state index contributed by atoms with van der Waals surface area (Å²) in [4.78, 5) is 14.9. The summed E-state index contributed by atoms with van der Waals surface area (Å²) in [5, 5.41) is 0. The number of hydrogen-bond acceptors (Lipinski definition) is 4. The van der Waals surface area contributed by atoms with Gasteiger partial charge < -0.3 is 20.1 Å². The van der Waals surface area contributed by atoms with E-state index in [2.05, 4.69) is 0 Å². The topological polar surface area (TPSA) is 64.8 Å². The predicted octanol–water partition coefficient (Wildman–Crippen LogP) is 3.58. The number of carbonyl (C=O) groups excluding carboxylic acids is 1. The Balaban J connectivity index is 1.64. The molecule has 0 radical (unpaired) electrons. The molecule has 2 aromatic rings. The van der Waals surface area contributed by atoms with E-state index in [1.165, 1.54) is 6.07 Å². The Morgan fingerprint density at radius 2 is 2.07 bits per heavy atom. The van der Waals surface area contributed by atoms with Crippen molar-refractivity contribution in [3.63, 3.8) is 0 Å². The fourth-order valence-corrected chi connectivity index (χ4v) is 3.72. The van der Waals surface area contributed by atoms with Crippen LogP contribution in [0.25, 0.3) is 0 Å². The van der Waals surface area contributed by atoms with Crippen molar-refractivity contribution in [3.05, 3.63) is 58.9 Å². The number of halogens is 1. The van der Waals surface area contributed by atoms with Gasteiger partial charge in [0.05, 0.1) is 13.7 Å². The maximum atomic E-state index is 13.5. The Bertz CT molecular complexity index is 856. The zero-order valence-electron chi connectivity index (χ0n) is 17.1. The van der Waals surface area contributed by atoms with Crippen LogP contribution >= 0.6 is 0 Å². The first kappa shape index (κ1) is 21.1. The van der Waals surface area contributed by atoms with Crippen LogP contribution in [0.5, 0.6) is 11.5 Å². The van der Waals surface area contributed by atoms with Gasteiger partial charge in [-0.2, -0.15) is 0 Å². The molecule has 1 aliphatic rings. The molecule has 6 heteroatoms. The highest BCUT2D eigenvalue weighted by molar-refractivity contribution is 5.95. The number of aryl methyl sites for hydroxylation is 1. The molecule has 1 atom stereocenters. The highest BCUT2D eigenvalue weighted by Crippen LogP contribution is 2.30. The minimum absolute atomic E-state index is 0.00545. The first-order valence-corrected chi connectivity index (χ1v) is 10.1. The molecule has 1 saturated heterocycles. The number of ether oxygens (including phenoxy) is 2. The third-order valence-corrected chi connectivity index (χ3v) is 5.34. The molecule has 1 amide bonds. The molecule has 156 valence electrons. The van der Waals surface area contributed by atoms with Crippen molar-refractivity contribution < 1.29 is 18.7 Å². The van der Waals surface area contributed by atoms with Crippen LogP contribution in [0.3, 0.4) is 0 Å². The van der Waals surface area contributed by atoms with E-state index >= 15 is 0 Å². The summed E-state index contributed by atoms with van der Waals surface area (Å²) >= 11 is 0. The molecule has 2 aromatic carbocycles. The van der Waals surface area contributed by atoms with Crippen molar-refractivity contribution >= 4 is 5.91 Å². The lowest BCUT2D eigenvalue weighted by molar-refractivity contribution is 0.0786. The van der Waals surface area contributed by atoms with Crippen molar-refractivity contribution in [3.8, 4) is 11.5 Å². The van der Waals surface area contributed by atoms with Gasteiger partial charge in [0.2, 0.25) is 0 Å². The van der Waals surface area contributed by atoms with E-state index in [0.29, 0.717) is 48.2 Å². The van der Waals surface area contributed by atoms with Gasteiger partial charge >= 0.3 is 0 Å². The van der Waals surface area contributed by atoms with E-state index in [9.17, 15) is 9.18 Å². The summed E-state index contributed by atoms with van der Waals surface area (Å²) in [6, 6.07) is 10.5. The van der Waals surface area contributed by atoms with E-state index in [-0.39, 0.29) is 11.7 Å². The maximum absolute atomic E-state index is 13.5. The lowest BCUT2D eigenvalue weighted by Crippen LogP contribution is -2.29. The Kier molecular flexibility index (Phi) is 7.09. The summed E-state index contributed by atoms with van der Waals surface area (Å²) in [6.45, 7) is 4.22. The standard InChI is InChI=1S/C23H29FN2O3/c1-16-12-17(4-6-20(16)24)13-18-8-10-26(15-18)23(27)19-5-7-21(28-2)22(14-19)29-11-3-9-25/h4-7,12,14,18H,3,8-11,13,15,25H2,1-2H3. The van der Waals surface area contributed by atoms with Gasteiger partial charge in [0.25, 0.3) is 5.91 Å². The molecule has 0 aliphatic carbocycles. The zero-order valence-corrected chi connectivity index (χ0v) is 17.1. The van der Waals surface area contributed by atoms with Crippen molar-refractivity contribution in [1.29, 1.82) is 0 Å². The van der Waals surface area contributed by atoms with E-state index in [4.69, 9.17) is 15.2 Å². The zero-order chi connectivity index (χ0) is 20.8. The third kappa shape index (κ3) is 5.26. The lowest BCUT2D eigenvalue weighted by Gasteiger charge is -2.18. The Hall–Kier alpha value is -2.60. The Labute approximate surface area is 171 Å². The summed E-state index contributed by atoms with van der Waals surface area (Å²) in [7, 11) is 1.58. The quantitative estimate of drug-likeness (QED) is 0.688. The van der Waals surface area contributed by atoms with Crippen LogP contribution in [-0.4, -0.2) is 44.2 Å². The average molecular weight is 400 g/mol. The molecule has 0 spiro atoms. The second kappa shape index (κ2) is 9.74. The fraction of sp³-hybridized carbons (Fsp3) is 0.435. The largest absolute Gasteiger partial charge is 0.493 e. The number of rotatable bonds is 8.